The van der Waals surface area contributed by atoms with Gasteiger partial charge in [-0.25, -0.2) is 8.42 Å². The lowest BCUT2D eigenvalue weighted by Gasteiger charge is -2.31. The Labute approximate surface area is 185 Å². The number of nitrogens with zero attached hydrogens (tertiary/aromatic N) is 3. The Kier molecular flexibility index (Phi) is 6.46. The van der Waals surface area contributed by atoms with Crippen molar-refractivity contribution in [3.8, 4) is 0 Å². The molecule has 2 aliphatic heterocycles. The minimum atomic E-state index is -3.44. The van der Waals surface area contributed by atoms with Crippen LogP contribution in [0.1, 0.15) is 36.0 Å². The summed E-state index contributed by atoms with van der Waals surface area (Å²) in [5.41, 5.74) is 4.19. The zero-order valence-electron chi connectivity index (χ0n) is 18.4. The molecule has 1 saturated heterocycles. The zero-order valence-corrected chi connectivity index (χ0v) is 19.2. The first-order valence-electron chi connectivity index (χ1n) is 11.0. The monoisotopic (exact) mass is 441 g/mol. The third-order valence-corrected chi connectivity index (χ3v) is 8.05. The largest absolute Gasteiger partial charge is 0.311 e. The Hall–Kier alpha value is -2.22. The molecule has 2 aromatic carbocycles. The minimum absolute atomic E-state index is 0.0470. The number of amides is 1. The topological polar surface area (TPSA) is 60.9 Å². The molecular formula is C24H31N3O3S. The van der Waals surface area contributed by atoms with Gasteiger partial charge in [0.2, 0.25) is 15.9 Å². The van der Waals surface area contributed by atoms with Crippen LogP contribution in [0, 0.1) is 6.92 Å². The Morgan fingerprint density at radius 3 is 2.42 bits per heavy atom. The van der Waals surface area contributed by atoms with E-state index in [1.165, 1.54) is 11.1 Å². The molecule has 0 saturated carbocycles. The van der Waals surface area contributed by atoms with E-state index in [0.717, 1.165) is 36.9 Å². The van der Waals surface area contributed by atoms with Crippen LogP contribution in [0.25, 0.3) is 0 Å². The van der Waals surface area contributed by atoms with Crippen LogP contribution in [0.15, 0.2) is 47.4 Å². The SMILES string of the molecule is Cc1ccc(CN(C)CC(=O)N2CCCc3cc(S(=O)(=O)N4CCCC4)ccc32)cc1. The Morgan fingerprint density at radius 1 is 1.00 bits per heavy atom. The molecule has 4 rings (SSSR count). The van der Waals surface area contributed by atoms with Crippen molar-refractivity contribution in [2.24, 2.45) is 0 Å². The molecule has 2 aromatic rings. The normalized spacial score (nSPS) is 17.2. The van der Waals surface area contributed by atoms with Crippen LogP contribution in [-0.4, -0.2) is 56.8 Å². The second kappa shape index (κ2) is 9.10. The molecule has 31 heavy (non-hydrogen) atoms. The maximum absolute atomic E-state index is 13.1. The summed E-state index contributed by atoms with van der Waals surface area (Å²) in [6.45, 7) is 4.95. The number of anilines is 1. The van der Waals surface area contributed by atoms with Crippen LogP contribution in [0.4, 0.5) is 5.69 Å². The second-order valence-corrected chi connectivity index (χ2v) is 10.6. The van der Waals surface area contributed by atoms with Crippen molar-refractivity contribution in [2.45, 2.75) is 44.0 Å². The second-order valence-electron chi connectivity index (χ2n) is 8.71. The smallest absolute Gasteiger partial charge is 0.243 e. The lowest BCUT2D eigenvalue weighted by Crippen LogP contribution is -2.41. The molecule has 0 spiro atoms. The van der Waals surface area contributed by atoms with Gasteiger partial charge < -0.3 is 4.90 Å². The molecular weight excluding hydrogens is 410 g/mol. The highest BCUT2D eigenvalue weighted by Crippen LogP contribution is 2.31. The molecule has 1 fully saturated rings. The summed E-state index contributed by atoms with van der Waals surface area (Å²) in [6.07, 6.45) is 3.47. The number of likely N-dealkylation sites (N-methyl/N-ethyl adjacent to an activating group) is 1. The van der Waals surface area contributed by atoms with E-state index in [1.807, 2.05) is 22.9 Å². The number of fused-ring (bicyclic) bond motifs is 1. The number of hydrogen-bond donors (Lipinski definition) is 0. The van der Waals surface area contributed by atoms with E-state index < -0.39 is 10.0 Å². The van der Waals surface area contributed by atoms with Gasteiger partial charge in [-0.15, -0.1) is 0 Å². The van der Waals surface area contributed by atoms with Gasteiger partial charge in [0.1, 0.15) is 0 Å². The predicted octanol–water partition coefficient (Wildman–Crippen LogP) is 3.19. The maximum Gasteiger partial charge on any atom is 0.243 e. The average molecular weight is 442 g/mol. The lowest BCUT2D eigenvalue weighted by atomic mass is 10.0. The van der Waals surface area contributed by atoms with Crippen LogP contribution in [-0.2, 0) is 27.8 Å². The van der Waals surface area contributed by atoms with E-state index in [4.69, 9.17) is 0 Å². The highest BCUT2D eigenvalue weighted by Gasteiger charge is 2.29. The standard InChI is InChI=1S/C24H31N3O3S/c1-19-7-9-20(10-8-19)17-25(2)18-24(28)27-15-5-6-21-16-22(11-12-23(21)27)31(29,30)26-13-3-4-14-26/h7-12,16H,3-6,13-15,17-18H2,1-2H3. The maximum atomic E-state index is 13.1. The van der Waals surface area contributed by atoms with Gasteiger partial charge in [-0.05, 0) is 69.0 Å². The summed E-state index contributed by atoms with van der Waals surface area (Å²) in [5.74, 6) is 0.0470. The highest BCUT2D eigenvalue weighted by molar-refractivity contribution is 7.89. The van der Waals surface area contributed by atoms with Gasteiger partial charge in [-0.1, -0.05) is 29.8 Å². The van der Waals surface area contributed by atoms with Gasteiger partial charge in [0.15, 0.2) is 0 Å². The van der Waals surface area contributed by atoms with Crippen molar-refractivity contribution in [3.63, 3.8) is 0 Å². The van der Waals surface area contributed by atoms with Crippen molar-refractivity contribution < 1.29 is 13.2 Å². The zero-order chi connectivity index (χ0) is 22.0. The molecule has 1 amide bonds. The highest BCUT2D eigenvalue weighted by atomic mass is 32.2. The van der Waals surface area contributed by atoms with Gasteiger partial charge in [0, 0.05) is 31.9 Å². The fourth-order valence-electron chi connectivity index (χ4n) is 4.45. The van der Waals surface area contributed by atoms with Gasteiger partial charge in [0.05, 0.1) is 11.4 Å². The van der Waals surface area contributed by atoms with Gasteiger partial charge in [0.25, 0.3) is 0 Å². The summed E-state index contributed by atoms with van der Waals surface area (Å²) in [7, 11) is -1.49. The Bertz CT molecular complexity index is 1040. The molecule has 7 heteroatoms. The predicted molar refractivity (Wildman–Crippen MR) is 123 cm³/mol. The number of carbonyl (C=O) groups excluding carboxylic acids is 1. The Morgan fingerprint density at radius 2 is 1.71 bits per heavy atom. The minimum Gasteiger partial charge on any atom is -0.311 e. The van der Waals surface area contributed by atoms with Crippen molar-refractivity contribution in [1.82, 2.24) is 9.21 Å². The molecule has 166 valence electrons. The third-order valence-electron chi connectivity index (χ3n) is 6.15. The Balaban J connectivity index is 1.47. The number of sulfonamides is 1. The fourth-order valence-corrected chi connectivity index (χ4v) is 6.02. The molecule has 0 atom stereocenters. The molecule has 0 radical (unpaired) electrons. The lowest BCUT2D eigenvalue weighted by molar-refractivity contribution is -0.119. The first-order valence-corrected chi connectivity index (χ1v) is 12.5. The van der Waals surface area contributed by atoms with Crippen molar-refractivity contribution in [1.29, 1.82) is 0 Å². The van der Waals surface area contributed by atoms with Crippen LogP contribution in [0.5, 0.6) is 0 Å². The summed E-state index contributed by atoms with van der Waals surface area (Å²) >= 11 is 0. The van der Waals surface area contributed by atoms with Gasteiger partial charge in [-0.2, -0.15) is 4.31 Å². The summed E-state index contributed by atoms with van der Waals surface area (Å²) in [4.78, 5) is 17.2. The third kappa shape index (κ3) is 4.84. The summed E-state index contributed by atoms with van der Waals surface area (Å²) < 4.78 is 27.4. The van der Waals surface area contributed by atoms with Crippen molar-refractivity contribution in [2.75, 3.05) is 38.1 Å². The number of benzene rings is 2. The molecule has 6 nitrogen and oxygen atoms in total. The number of rotatable bonds is 6. The quantitative estimate of drug-likeness (QED) is 0.691. The van der Waals surface area contributed by atoms with Crippen LogP contribution in [0.2, 0.25) is 0 Å². The number of hydrogen-bond acceptors (Lipinski definition) is 4. The molecule has 0 bridgehead atoms. The van der Waals surface area contributed by atoms with Crippen LogP contribution < -0.4 is 4.90 Å². The van der Waals surface area contributed by atoms with E-state index in [9.17, 15) is 13.2 Å². The molecule has 0 N–H and O–H groups in total. The molecule has 2 aliphatic rings. The first kappa shape index (κ1) is 22.0. The van der Waals surface area contributed by atoms with Crippen LogP contribution in [0.3, 0.4) is 0 Å². The summed E-state index contributed by atoms with van der Waals surface area (Å²) in [6, 6.07) is 13.6. The van der Waals surface area contributed by atoms with Crippen LogP contribution >= 0.6 is 0 Å². The fraction of sp³-hybridized carbons (Fsp3) is 0.458. The van der Waals surface area contributed by atoms with E-state index in [0.29, 0.717) is 37.6 Å². The van der Waals surface area contributed by atoms with E-state index >= 15 is 0 Å². The van der Waals surface area contributed by atoms with Crippen molar-refractivity contribution >= 4 is 21.6 Å². The van der Waals surface area contributed by atoms with Gasteiger partial charge >= 0.3 is 0 Å². The molecule has 0 unspecified atom stereocenters. The van der Waals surface area contributed by atoms with E-state index in [-0.39, 0.29) is 5.91 Å². The van der Waals surface area contributed by atoms with E-state index in [1.54, 1.807) is 16.4 Å². The van der Waals surface area contributed by atoms with Gasteiger partial charge in [-0.3, -0.25) is 9.69 Å². The first-order chi connectivity index (χ1) is 14.8. The molecule has 2 heterocycles. The summed E-state index contributed by atoms with van der Waals surface area (Å²) in [5, 5.41) is 0. The molecule has 0 aliphatic carbocycles. The number of carbonyl (C=O) groups is 1. The van der Waals surface area contributed by atoms with Crippen molar-refractivity contribution in [3.05, 3.63) is 59.2 Å². The molecule has 0 aromatic heterocycles. The van der Waals surface area contributed by atoms with E-state index in [2.05, 4.69) is 31.2 Å². The average Bonchev–Trinajstić information content (AvgIpc) is 3.30. The number of aryl methyl sites for hydroxylation is 2.